The van der Waals surface area contributed by atoms with Crippen molar-refractivity contribution in [2.45, 2.75) is 32.2 Å². The second kappa shape index (κ2) is 7.30. The smallest absolute Gasteiger partial charge is 0.261 e. The number of fused-ring (bicyclic) bond motifs is 1. The number of carbonyl (C=O) groups is 2. The first-order valence-corrected chi connectivity index (χ1v) is 10.2. The molecule has 2 heterocycles. The second-order valence-electron chi connectivity index (χ2n) is 7.78. The minimum atomic E-state index is -0.331. The molecule has 0 spiro atoms. The number of rotatable bonds is 3. The van der Waals surface area contributed by atoms with E-state index in [-0.39, 0.29) is 17.7 Å². The number of nitrogens with zero attached hydrogens (tertiary/aromatic N) is 2. The van der Waals surface area contributed by atoms with Crippen molar-refractivity contribution >= 4 is 23.2 Å². The zero-order valence-electron chi connectivity index (χ0n) is 16.7. The summed E-state index contributed by atoms with van der Waals surface area (Å²) >= 11 is 0. The van der Waals surface area contributed by atoms with Crippen molar-refractivity contribution in [2.24, 2.45) is 0 Å². The van der Waals surface area contributed by atoms with E-state index in [0.29, 0.717) is 17.8 Å². The predicted molar refractivity (Wildman–Crippen MR) is 115 cm³/mol. The van der Waals surface area contributed by atoms with Crippen LogP contribution >= 0.6 is 0 Å². The lowest BCUT2D eigenvalue weighted by molar-refractivity contribution is -0.116. The monoisotopic (exact) mass is 398 g/mol. The molecule has 0 saturated heterocycles. The van der Waals surface area contributed by atoms with Crippen LogP contribution in [0.5, 0.6) is 0 Å². The predicted octanol–water partition coefficient (Wildman–Crippen LogP) is 4.47. The fraction of sp³-hybridized carbons (Fsp3) is 0.208. The average Bonchev–Trinajstić information content (AvgIpc) is 3.17. The molecule has 1 aliphatic carbocycles. The molecular formula is C24H22N4O2. The minimum Gasteiger partial charge on any atom is -0.343 e. The largest absolute Gasteiger partial charge is 0.343 e. The average molecular weight is 398 g/mol. The molecule has 150 valence electrons. The lowest BCUT2D eigenvalue weighted by atomic mass is 9.85. The zero-order valence-corrected chi connectivity index (χ0v) is 16.7. The van der Waals surface area contributed by atoms with Crippen LogP contribution in [-0.2, 0) is 4.79 Å². The van der Waals surface area contributed by atoms with Gasteiger partial charge in [-0.1, -0.05) is 48.0 Å². The quantitative estimate of drug-likeness (QED) is 0.683. The molecule has 30 heavy (non-hydrogen) atoms. The van der Waals surface area contributed by atoms with Crippen LogP contribution in [0.4, 0.5) is 11.5 Å². The van der Waals surface area contributed by atoms with E-state index in [4.69, 9.17) is 0 Å². The van der Waals surface area contributed by atoms with Gasteiger partial charge in [0.1, 0.15) is 17.4 Å². The molecule has 1 aliphatic heterocycles. The highest BCUT2D eigenvalue weighted by Crippen LogP contribution is 2.41. The summed E-state index contributed by atoms with van der Waals surface area (Å²) < 4.78 is 1.77. The van der Waals surface area contributed by atoms with Crippen molar-refractivity contribution in [3.8, 4) is 0 Å². The molecule has 6 heteroatoms. The van der Waals surface area contributed by atoms with Gasteiger partial charge in [-0.15, -0.1) is 0 Å². The fourth-order valence-corrected chi connectivity index (χ4v) is 4.29. The number of allylic oxidation sites excluding steroid dienone is 2. The first kappa shape index (κ1) is 18.4. The Balaban J connectivity index is 1.59. The van der Waals surface area contributed by atoms with Gasteiger partial charge in [0.15, 0.2) is 5.78 Å². The lowest BCUT2D eigenvalue weighted by Crippen LogP contribution is -2.32. The van der Waals surface area contributed by atoms with Crippen LogP contribution in [0.25, 0.3) is 0 Å². The van der Waals surface area contributed by atoms with Crippen molar-refractivity contribution in [1.82, 2.24) is 9.78 Å². The standard InChI is InChI=1S/C24H22N4O2/c1-15-7-5-8-16(13-15)22-21-19(11-6-12-20(21)29)27-23-18(14-25-28(22)23)24(30)26-17-9-3-2-4-10-17/h2-5,7-10,13-14,22,27H,6,11-12H2,1H3,(H,26,30)/t22-/m1/s1. The summed E-state index contributed by atoms with van der Waals surface area (Å²) in [5.74, 6) is 0.541. The number of amides is 1. The van der Waals surface area contributed by atoms with Crippen LogP contribution in [0.1, 0.15) is 46.8 Å². The Labute approximate surface area is 174 Å². The van der Waals surface area contributed by atoms with Crippen molar-refractivity contribution in [2.75, 3.05) is 10.6 Å². The Kier molecular flexibility index (Phi) is 4.47. The van der Waals surface area contributed by atoms with Gasteiger partial charge in [0, 0.05) is 23.4 Å². The van der Waals surface area contributed by atoms with E-state index < -0.39 is 0 Å². The first-order chi connectivity index (χ1) is 14.6. The third-order valence-corrected chi connectivity index (χ3v) is 5.67. The van der Waals surface area contributed by atoms with E-state index >= 15 is 0 Å². The highest BCUT2D eigenvalue weighted by Gasteiger charge is 2.37. The van der Waals surface area contributed by atoms with E-state index in [1.165, 1.54) is 0 Å². The van der Waals surface area contributed by atoms with Crippen molar-refractivity contribution in [1.29, 1.82) is 0 Å². The number of ketones is 1. The molecule has 2 aromatic carbocycles. The Morgan fingerprint density at radius 2 is 1.97 bits per heavy atom. The van der Waals surface area contributed by atoms with Crippen LogP contribution < -0.4 is 10.6 Å². The van der Waals surface area contributed by atoms with Gasteiger partial charge in [-0.05, 0) is 37.5 Å². The lowest BCUT2D eigenvalue weighted by Gasteiger charge is -2.33. The topological polar surface area (TPSA) is 76.0 Å². The van der Waals surface area contributed by atoms with Crippen molar-refractivity contribution in [3.05, 3.63) is 88.8 Å². The summed E-state index contributed by atoms with van der Waals surface area (Å²) in [6.45, 7) is 2.03. The molecule has 0 fully saturated rings. The SMILES string of the molecule is Cc1cccc([C@@H]2C3=C(CCCC3=O)Nc3c(C(=O)Nc4ccccc4)cnn32)c1. The molecule has 0 saturated carbocycles. The molecule has 1 aromatic heterocycles. The Morgan fingerprint density at radius 3 is 2.77 bits per heavy atom. The van der Waals surface area contributed by atoms with Gasteiger partial charge in [-0.25, -0.2) is 4.68 Å². The van der Waals surface area contributed by atoms with Gasteiger partial charge in [-0.2, -0.15) is 5.10 Å². The number of anilines is 2. The number of benzene rings is 2. The van der Waals surface area contributed by atoms with E-state index in [1.807, 2.05) is 55.5 Å². The van der Waals surface area contributed by atoms with Gasteiger partial charge in [0.25, 0.3) is 5.91 Å². The summed E-state index contributed by atoms with van der Waals surface area (Å²) in [7, 11) is 0. The molecule has 2 N–H and O–H groups in total. The normalized spacial score (nSPS) is 17.8. The number of aryl methyl sites for hydroxylation is 1. The van der Waals surface area contributed by atoms with Gasteiger partial charge in [0.05, 0.1) is 6.20 Å². The van der Waals surface area contributed by atoms with Crippen LogP contribution in [0.15, 0.2) is 72.1 Å². The maximum Gasteiger partial charge on any atom is 0.261 e. The number of nitrogens with one attached hydrogen (secondary N) is 2. The van der Waals surface area contributed by atoms with Crippen LogP contribution in [0.2, 0.25) is 0 Å². The minimum absolute atomic E-state index is 0.145. The van der Waals surface area contributed by atoms with Gasteiger partial charge in [-0.3, -0.25) is 9.59 Å². The third kappa shape index (κ3) is 3.10. The number of aromatic nitrogens is 2. The van der Waals surface area contributed by atoms with Gasteiger partial charge in [0.2, 0.25) is 0 Å². The van der Waals surface area contributed by atoms with E-state index in [9.17, 15) is 9.59 Å². The molecule has 1 amide bonds. The fourth-order valence-electron chi connectivity index (χ4n) is 4.29. The number of carbonyl (C=O) groups excluding carboxylic acids is 2. The highest BCUT2D eigenvalue weighted by molar-refractivity contribution is 6.08. The zero-order chi connectivity index (χ0) is 20.7. The van der Waals surface area contributed by atoms with E-state index in [2.05, 4.69) is 21.8 Å². The summed E-state index contributed by atoms with van der Waals surface area (Å²) in [6.07, 6.45) is 3.71. The second-order valence-corrected chi connectivity index (χ2v) is 7.78. The van der Waals surface area contributed by atoms with Crippen LogP contribution in [0.3, 0.4) is 0 Å². The van der Waals surface area contributed by atoms with Crippen molar-refractivity contribution in [3.63, 3.8) is 0 Å². The third-order valence-electron chi connectivity index (χ3n) is 5.67. The van der Waals surface area contributed by atoms with Gasteiger partial charge < -0.3 is 10.6 Å². The number of para-hydroxylation sites is 1. The van der Waals surface area contributed by atoms with Crippen LogP contribution in [0, 0.1) is 6.92 Å². The molecule has 0 bridgehead atoms. The molecule has 5 rings (SSSR count). The maximum atomic E-state index is 13.0. The first-order valence-electron chi connectivity index (χ1n) is 10.2. The summed E-state index contributed by atoms with van der Waals surface area (Å²) in [6, 6.07) is 17.1. The summed E-state index contributed by atoms with van der Waals surface area (Å²) in [4.78, 5) is 25.9. The molecule has 6 nitrogen and oxygen atoms in total. The Morgan fingerprint density at radius 1 is 1.13 bits per heavy atom. The van der Waals surface area contributed by atoms with Crippen LogP contribution in [-0.4, -0.2) is 21.5 Å². The summed E-state index contributed by atoms with van der Waals surface area (Å²) in [5.41, 5.74) is 4.96. The maximum absolute atomic E-state index is 13.0. The van der Waals surface area contributed by atoms with Crippen molar-refractivity contribution < 1.29 is 9.59 Å². The summed E-state index contributed by atoms with van der Waals surface area (Å²) in [5, 5.41) is 10.8. The Bertz CT molecular complexity index is 1180. The molecule has 0 radical (unpaired) electrons. The number of hydrogen-bond acceptors (Lipinski definition) is 4. The van der Waals surface area contributed by atoms with E-state index in [1.54, 1.807) is 10.9 Å². The number of hydrogen-bond donors (Lipinski definition) is 2. The molecule has 1 atom stereocenters. The molecular weight excluding hydrogens is 376 g/mol. The molecule has 0 unspecified atom stereocenters. The number of Topliss-reactive ketones (excluding diaryl/α,β-unsaturated/α-hetero) is 1. The molecule has 3 aromatic rings. The van der Waals surface area contributed by atoms with E-state index in [0.717, 1.165) is 40.9 Å². The molecule has 2 aliphatic rings. The Hall–Kier alpha value is -3.67. The highest BCUT2D eigenvalue weighted by atomic mass is 16.1. The van der Waals surface area contributed by atoms with Gasteiger partial charge >= 0.3 is 0 Å².